The van der Waals surface area contributed by atoms with Gasteiger partial charge < -0.3 is 5.32 Å². The van der Waals surface area contributed by atoms with Crippen LogP contribution in [0.25, 0.3) is 0 Å². The summed E-state index contributed by atoms with van der Waals surface area (Å²) in [6.45, 7) is 5.18. The molecule has 0 saturated carbocycles. The highest BCUT2D eigenvalue weighted by Gasteiger charge is 2.08. The Labute approximate surface area is 144 Å². The molecule has 2 aromatic rings. The smallest absolute Gasteiger partial charge is 0.0835 e. The van der Waals surface area contributed by atoms with Gasteiger partial charge in [0.15, 0.2) is 0 Å². The predicted octanol–water partition coefficient (Wildman–Crippen LogP) is 6.57. The standard InChI is InChI=1S/C17H18BrCl2N/c1-11(2)9-12-3-5-13(6-4-12)10-21-15-8-7-14(18)16(19)17(15)20/h3-8,11,21H,9-10H2,1-2H3. The van der Waals surface area contributed by atoms with Crippen LogP contribution in [0.5, 0.6) is 0 Å². The summed E-state index contributed by atoms with van der Waals surface area (Å²) >= 11 is 15.7. The minimum Gasteiger partial charge on any atom is -0.380 e. The van der Waals surface area contributed by atoms with Gasteiger partial charge in [-0.25, -0.2) is 0 Å². The molecule has 112 valence electrons. The Bertz CT molecular complexity index is 609. The van der Waals surface area contributed by atoms with Gasteiger partial charge in [0.1, 0.15) is 0 Å². The van der Waals surface area contributed by atoms with Gasteiger partial charge in [0, 0.05) is 11.0 Å². The maximum atomic E-state index is 6.22. The van der Waals surface area contributed by atoms with E-state index in [4.69, 9.17) is 23.2 Å². The van der Waals surface area contributed by atoms with Gasteiger partial charge >= 0.3 is 0 Å². The highest BCUT2D eigenvalue weighted by atomic mass is 79.9. The molecule has 0 aliphatic rings. The van der Waals surface area contributed by atoms with Crippen molar-refractivity contribution in [3.63, 3.8) is 0 Å². The van der Waals surface area contributed by atoms with Gasteiger partial charge in [-0.15, -0.1) is 0 Å². The van der Waals surface area contributed by atoms with Crippen LogP contribution in [0.1, 0.15) is 25.0 Å². The number of nitrogens with one attached hydrogen (secondary N) is 1. The van der Waals surface area contributed by atoms with Crippen LogP contribution < -0.4 is 5.32 Å². The Hall–Kier alpha value is -0.700. The average Bonchev–Trinajstić information content (AvgIpc) is 2.45. The van der Waals surface area contributed by atoms with Crippen LogP contribution in [0.3, 0.4) is 0 Å². The van der Waals surface area contributed by atoms with Crippen LogP contribution in [0.2, 0.25) is 10.0 Å². The van der Waals surface area contributed by atoms with Crippen molar-refractivity contribution in [2.45, 2.75) is 26.8 Å². The van der Waals surface area contributed by atoms with Crippen LogP contribution in [0.4, 0.5) is 5.69 Å². The first-order chi connectivity index (χ1) is 9.97. The van der Waals surface area contributed by atoms with Gasteiger partial charge in [0.2, 0.25) is 0 Å². The third-order valence-electron chi connectivity index (χ3n) is 3.19. The molecule has 2 rings (SSSR count). The molecule has 0 spiro atoms. The third kappa shape index (κ3) is 4.64. The molecule has 0 fully saturated rings. The molecule has 2 aromatic carbocycles. The van der Waals surface area contributed by atoms with Crippen molar-refractivity contribution in [1.29, 1.82) is 0 Å². The van der Waals surface area contributed by atoms with Gasteiger partial charge in [-0.2, -0.15) is 0 Å². The lowest BCUT2D eigenvalue weighted by Gasteiger charge is -2.11. The van der Waals surface area contributed by atoms with Crippen molar-refractivity contribution in [3.8, 4) is 0 Å². The largest absolute Gasteiger partial charge is 0.380 e. The minimum absolute atomic E-state index is 0.536. The molecule has 0 atom stereocenters. The zero-order valence-electron chi connectivity index (χ0n) is 12.1. The first kappa shape index (κ1) is 16.7. The van der Waals surface area contributed by atoms with Gasteiger partial charge in [0.05, 0.1) is 15.7 Å². The molecule has 0 aromatic heterocycles. The van der Waals surface area contributed by atoms with Gasteiger partial charge in [0.25, 0.3) is 0 Å². The second kappa shape index (κ2) is 7.53. The monoisotopic (exact) mass is 385 g/mol. The Morgan fingerprint density at radius 2 is 1.57 bits per heavy atom. The van der Waals surface area contributed by atoms with E-state index in [2.05, 4.69) is 59.4 Å². The number of anilines is 1. The molecule has 0 unspecified atom stereocenters. The normalized spacial score (nSPS) is 11.0. The maximum absolute atomic E-state index is 6.22. The molecule has 0 aliphatic carbocycles. The van der Waals surface area contributed by atoms with E-state index in [1.807, 2.05) is 12.1 Å². The molecule has 1 nitrogen and oxygen atoms in total. The van der Waals surface area contributed by atoms with Crippen LogP contribution in [0, 0.1) is 5.92 Å². The fraction of sp³-hybridized carbons (Fsp3) is 0.294. The first-order valence-electron chi connectivity index (χ1n) is 6.92. The van der Waals surface area contributed by atoms with Gasteiger partial charge in [-0.05, 0) is 51.5 Å². The molecular weight excluding hydrogens is 369 g/mol. The Balaban J connectivity index is 2.02. The van der Waals surface area contributed by atoms with E-state index in [1.54, 1.807) is 0 Å². The number of halogens is 3. The van der Waals surface area contributed by atoms with E-state index in [-0.39, 0.29) is 0 Å². The fourth-order valence-corrected chi connectivity index (χ4v) is 2.97. The van der Waals surface area contributed by atoms with E-state index in [1.165, 1.54) is 11.1 Å². The molecule has 1 N–H and O–H groups in total. The zero-order valence-corrected chi connectivity index (χ0v) is 15.2. The van der Waals surface area contributed by atoms with Gasteiger partial charge in [-0.3, -0.25) is 0 Å². The second-order valence-electron chi connectivity index (χ2n) is 5.49. The van der Waals surface area contributed by atoms with E-state index < -0.39 is 0 Å². The molecule has 0 radical (unpaired) electrons. The summed E-state index contributed by atoms with van der Waals surface area (Å²) in [4.78, 5) is 0. The van der Waals surface area contributed by atoms with E-state index >= 15 is 0 Å². The van der Waals surface area contributed by atoms with E-state index in [0.29, 0.717) is 16.0 Å². The summed E-state index contributed by atoms with van der Waals surface area (Å²) < 4.78 is 0.803. The summed E-state index contributed by atoms with van der Waals surface area (Å²) in [5, 5.41) is 4.40. The van der Waals surface area contributed by atoms with Crippen molar-refractivity contribution in [3.05, 3.63) is 62.0 Å². The van der Waals surface area contributed by atoms with Crippen LogP contribution in [-0.2, 0) is 13.0 Å². The highest BCUT2D eigenvalue weighted by molar-refractivity contribution is 9.10. The first-order valence-corrected chi connectivity index (χ1v) is 8.47. The Morgan fingerprint density at radius 3 is 2.19 bits per heavy atom. The molecular formula is C17H18BrCl2N. The number of hydrogen-bond acceptors (Lipinski definition) is 1. The van der Waals surface area contributed by atoms with Crippen LogP contribution in [0.15, 0.2) is 40.9 Å². The number of hydrogen-bond donors (Lipinski definition) is 1. The lowest BCUT2D eigenvalue weighted by molar-refractivity contribution is 0.647. The topological polar surface area (TPSA) is 12.0 Å². The summed E-state index contributed by atoms with van der Waals surface area (Å²) in [6, 6.07) is 12.5. The summed E-state index contributed by atoms with van der Waals surface area (Å²) in [6.07, 6.45) is 1.11. The van der Waals surface area contributed by atoms with Gasteiger partial charge in [-0.1, -0.05) is 61.3 Å². The third-order valence-corrected chi connectivity index (χ3v) is 4.96. The van der Waals surface area contributed by atoms with Crippen LogP contribution in [-0.4, -0.2) is 0 Å². The molecule has 0 heterocycles. The van der Waals surface area contributed by atoms with Crippen molar-refractivity contribution in [1.82, 2.24) is 0 Å². The van der Waals surface area contributed by atoms with Crippen LogP contribution >= 0.6 is 39.1 Å². The quantitative estimate of drug-likeness (QED) is 0.573. The minimum atomic E-state index is 0.536. The molecule has 0 bridgehead atoms. The van der Waals surface area contributed by atoms with Crippen molar-refractivity contribution in [2.75, 3.05) is 5.32 Å². The Morgan fingerprint density at radius 1 is 0.952 bits per heavy atom. The average molecular weight is 387 g/mol. The number of benzene rings is 2. The maximum Gasteiger partial charge on any atom is 0.0835 e. The molecule has 0 saturated heterocycles. The lowest BCUT2D eigenvalue weighted by Crippen LogP contribution is -2.01. The van der Waals surface area contributed by atoms with E-state index in [0.717, 1.165) is 23.1 Å². The molecule has 0 amide bonds. The summed E-state index contributed by atoms with van der Waals surface area (Å²) in [5.74, 6) is 0.678. The second-order valence-corrected chi connectivity index (χ2v) is 7.10. The SMILES string of the molecule is CC(C)Cc1ccc(CNc2ccc(Br)c(Cl)c2Cl)cc1. The Kier molecular flexibility index (Phi) is 5.98. The summed E-state index contributed by atoms with van der Waals surface area (Å²) in [7, 11) is 0. The predicted molar refractivity (Wildman–Crippen MR) is 96.5 cm³/mol. The lowest BCUT2D eigenvalue weighted by atomic mass is 10.0. The van der Waals surface area contributed by atoms with Crippen molar-refractivity contribution < 1.29 is 0 Å². The number of rotatable bonds is 5. The van der Waals surface area contributed by atoms with Crippen molar-refractivity contribution >= 4 is 44.8 Å². The molecule has 4 heteroatoms. The van der Waals surface area contributed by atoms with Crippen molar-refractivity contribution in [2.24, 2.45) is 5.92 Å². The molecule has 0 aliphatic heterocycles. The fourth-order valence-electron chi connectivity index (χ4n) is 2.12. The van der Waals surface area contributed by atoms with E-state index in [9.17, 15) is 0 Å². The molecule has 21 heavy (non-hydrogen) atoms. The summed E-state index contributed by atoms with van der Waals surface area (Å²) in [5.41, 5.74) is 3.44. The zero-order chi connectivity index (χ0) is 15.4. The highest BCUT2D eigenvalue weighted by Crippen LogP contribution is 2.35.